The highest BCUT2D eigenvalue weighted by molar-refractivity contribution is 5.29. The van der Waals surface area contributed by atoms with Crippen molar-refractivity contribution in [3.8, 4) is 0 Å². The summed E-state index contributed by atoms with van der Waals surface area (Å²) in [7, 11) is 0. The van der Waals surface area contributed by atoms with Gasteiger partial charge in [0.1, 0.15) is 5.67 Å². The average molecular weight is 275 g/mol. The zero-order chi connectivity index (χ0) is 14.1. The van der Waals surface area contributed by atoms with Gasteiger partial charge in [0, 0.05) is 12.5 Å². The number of piperidine rings is 1. The van der Waals surface area contributed by atoms with Crippen molar-refractivity contribution in [3.05, 3.63) is 35.4 Å². The molecule has 5 heteroatoms. The predicted molar refractivity (Wildman–Crippen MR) is 65.5 cm³/mol. The van der Waals surface area contributed by atoms with Gasteiger partial charge in [0.05, 0.1) is 5.56 Å². The predicted octanol–water partition coefficient (Wildman–Crippen LogP) is 3.89. The minimum atomic E-state index is -4.38. The van der Waals surface area contributed by atoms with E-state index in [0.29, 0.717) is 12.1 Å². The summed E-state index contributed by atoms with van der Waals surface area (Å²) in [4.78, 5) is 0. The van der Waals surface area contributed by atoms with Crippen LogP contribution in [0.1, 0.15) is 30.9 Å². The van der Waals surface area contributed by atoms with E-state index >= 15 is 0 Å². The van der Waals surface area contributed by atoms with Crippen LogP contribution in [-0.2, 0) is 11.8 Å². The number of halogens is 4. The summed E-state index contributed by atoms with van der Waals surface area (Å²) < 4.78 is 52.2. The van der Waals surface area contributed by atoms with Crippen LogP contribution < -0.4 is 5.32 Å². The Morgan fingerprint density at radius 1 is 1.05 bits per heavy atom. The van der Waals surface area contributed by atoms with Gasteiger partial charge >= 0.3 is 6.18 Å². The summed E-state index contributed by atoms with van der Waals surface area (Å²) in [5.74, 6) is -0.196. The van der Waals surface area contributed by atoms with Gasteiger partial charge in [0.2, 0.25) is 0 Å². The van der Waals surface area contributed by atoms with Crippen LogP contribution in [0.5, 0.6) is 0 Å². The second-order valence-electron chi connectivity index (χ2n) is 5.19. The van der Waals surface area contributed by atoms with Crippen molar-refractivity contribution in [1.82, 2.24) is 5.32 Å². The van der Waals surface area contributed by atoms with Crippen molar-refractivity contribution in [1.29, 1.82) is 0 Å². The van der Waals surface area contributed by atoms with E-state index in [4.69, 9.17) is 0 Å². The minimum Gasteiger partial charge on any atom is -0.316 e. The van der Waals surface area contributed by atoms with Gasteiger partial charge in [-0.25, -0.2) is 4.39 Å². The van der Waals surface area contributed by atoms with E-state index in [-0.39, 0.29) is 5.92 Å². The fourth-order valence-electron chi connectivity index (χ4n) is 2.54. The van der Waals surface area contributed by atoms with Crippen molar-refractivity contribution in [2.24, 2.45) is 5.92 Å². The van der Waals surface area contributed by atoms with Crippen LogP contribution in [-0.4, -0.2) is 13.1 Å². The SMILES string of the molecule is CC(F)(c1ccc(C(F)(F)F)cc1)C1CCCNC1. The molecule has 1 heterocycles. The summed E-state index contributed by atoms with van der Waals surface area (Å²) in [6.07, 6.45) is -2.73. The molecule has 1 aliphatic rings. The average Bonchev–Trinajstić information content (AvgIpc) is 2.39. The molecule has 19 heavy (non-hydrogen) atoms. The molecular formula is C14H17F4N. The van der Waals surface area contributed by atoms with E-state index in [1.54, 1.807) is 0 Å². The lowest BCUT2D eigenvalue weighted by Gasteiger charge is -2.34. The number of alkyl halides is 4. The Kier molecular flexibility index (Phi) is 3.85. The van der Waals surface area contributed by atoms with Gasteiger partial charge in [0.15, 0.2) is 0 Å². The molecule has 0 aromatic heterocycles. The lowest BCUT2D eigenvalue weighted by molar-refractivity contribution is -0.137. The highest BCUT2D eigenvalue weighted by atomic mass is 19.4. The quantitative estimate of drug-likeness (QED) is 0.807. The molecule has 1 nitrogen and oxygen atoms in total. The van der Waals surface area contributed by atoms with Gasteiger partial charge < -0.3 is 5.32 Å². The van der Waals surface area contributed by atoms with E-state index in [2.05, 4.69) is 5.32 Å². The van der Waals surface area contributed by atoms with Crippen molar-refractivity contribution in [3.63, 3.8) is 0 Å². The van der Waals surface area contributed by atoms with Crippen LogP contribution in [0.15, 0.2) is 24.3 Å². The van der Waals surface area contributed by atoms with E-state index in [0.717, 1.165) is 31.5 Å². The molecule has 0 radical (unpaired) electrons. The van der Waals surface area contributed by atoms with Crippen LogP contribution in [0.2, 0.25) is 0 Å². The van der Waals surface area contributed by atoms with E-state index < -0.39 is 17.4 Å². The molecular weight excluding hydrogens is 258 g/mol. The number of rotatable bonds is 2. The minimum absolute atomic E-state index is 0.196. The van der Waals surface area contributed by atoms with Crippen LogP contribution in [0, 0.1) is 5.92 Å². The molecule has 1 aromatic rings. The molecule has 106 valence electrons. The first-order valence-corrected chi connectivity index (χ1v) is 6.39. The zero-order valence-electron chi connectivity index (χ0n) is 10.7. The molecule has 0 bridgehead atoms. The second kappa shape index (κ2) is 5.12. The fourth-order valence-corrected chi connectivity index (χ4v) is 2.54. The van der Waals surface area contributed by atoms with Crippen molar-refractivity contribution < 1.29 is 17.6 Å². The van der Waals surface area contributed by atoms with E-state index in [1.165, 1.54) is 19.1 Å². The van der Waals surface area contributed by atoms with Crippen LogP contribution >= 0.6 is 0 Å². The molecule has 1 aliphatic heterocycles. The maximum Gasteiger partial charge on any atom is 0.416 e. The van der Waals surface area contributed by atoms with Gasteiger partial charge in [-0.05, 0) is 44.0 Å². The highest BCUT2D eigenvalue weighted by Gasteiger charge is 2.37. The smallest absolute Gasteiger partial charge is 0.316 e. The molecule has 2 rings (SSSR count). The lowest BCUT2D eigenvalue weighted by atomic mass is 9.80. The Bertz CT molecular complexity index is 416. The standard InChI is InChI=1S/C14H17F4N/c1-13(15,12-3-2-8-19-9-12)10-4-6-11(7-5-10)14(16,17)18/h4-7,12,19H,2-3,8-9H2,1H3. The highest BCUT2D eigenvalue weighted by Crippen LogP contribution is 2.38. The molecule has 1 aromatic carbocycles. The molecule has 0 amide bonds. The van der Waals surface area contributed by atoms with Gasteiger partial charge in [0.25, 0.3) is 0 Å². The first-order chi connectivity index (χ1) is 8.82. The third-order valence-corrected chi connectivity index (χ3v) is 3.84. The molecule has 0 saturated carbocycles. The first-order valence-electron chi connectivity index (χ1n) is 6.39. The molecule has 0 aliphatic carbocycles. The van der Waals surface area contributed by atoms with Crippen LogP contribution in [0.3, 0.4) is 0 Å². The number of hydrogen-bond acceptors (Lipinski definition) is 1. The number of nitrogens with one attached hydrogen (secondary N) is 1. The van der Waals surface area contributed by atoms with E-state index in [9.17, 15) is 17.6 Å². The second-order valence-corrected chi connectivity index (χ2v) is 5.19. The zero-order valence-corrected chi connectivity index (χ0v) is 10.7. The Hall–Kier alpha value is -1.10. The third-order valence-electron chi connectivity index (χ3n) is 3.84. The lowest BCUT2D eigenvalue weighted by Crippen LogP contribution is -2.40. The Morgan fingerprint density at radius 3 is 2.11 bits per heavy atom. The van der Waals surface area contributed by atoms with Crippen molar-refractivity contribution in [2.45, 2.75) is 31.6 Å². The van der Waals surface area contributed by atoms with Crippen LogP contribution in [0.25, 0.3) is 0 Å². The summed E-state index contributed by atoms with van der Waals surface area (Å²) in [5, 5.41) is 3.13. The van der Waals surface area contributed by atoms with Gasteiger partial charge in [-0.15, -0.1) is 0 Å². The molecule has 1 fully saturated rings. The summed E-state index contributed by atoms with van der Waals surface area (Å²) in [5.41, 5.74) is -2.03. The molecule has 1 saturated heterocycles. The van der Waals surface area contributed by atoms with Gasteiger partial charge in [-0.3, -0.25) is 0 Å². The molecule has 0 spiro atoms. The normalized spacial score (nSPS) is 23.9. The number of benzene rings is 1. The molecule has 1 N–H and O–H groups in total. The van der Waals surface area contributed by atoms with Crippen molar-refractivity contribution in [2.75, 3.05) is 13.1 Å². The topological polar surface area (TPSA) is 12.0 Å². The third kappa shape index (κ3) is 3.08. The van der Waals surface area contributed by atoms with Crippen molar-refractivity contribution >= 4 is 0 Å². The molecule has 2 atom stereocenters. The first kappa shape index (κ1) is 14.3. The monoisotopic (exact) mass is 275 g/mol. The fraction of sp³-hybridized carbons (Fsp3) is 0.571. The van der Waals surface area contributed by atoms with Crippen LogP contribution in [0.4, 0.5) is 17.6 Å². The maximum absolute atomic E-state index is 14.8. The van der Waals surface area contributed by atoms with Gasteiger partial charge in [-0.1, -0.05) is 12.1 Å². The Labute approximate surface area is 110 Å². The summed E-state index contributed by atoms with van der Waals surface area (Å²) >= 11 is 0. The van der Waals surface area contributed by atoms with Gasteiger partial charge in [-0.2, -0.15) is 13.2 Å². The Morgan fingerprint density at radius 2 is 1.63 bits per heavy atom. The largest absolute Gasteiger partial charge is 0.416 e. The Balaban J connectivity index is 2.20. The number of hydrogen-bond donors (Lipinski definition) is 1. The molecule has 2 unspecified atom stereocenters. The summed E-state index contributed by atoms with van der Waals surface area (Å²) in [6, 6.07) is 4.39. The van der Waals surface area contributed by atoms with E-state index in [1.807, 2.05) is 0 Å². The maximum atomic E-state index is 14.8. The summed E-state index contributed by atoms with van der Waals surface area (Å²) in [6.45, 7) is 2.89.